The smallest absolute Gasteiger partial charge is 0.252 e. The molecule has 0 spiro atoms. The number of halogens is 2. The molecule has 5 aliphatic rings. The fourth-order valence-electron chi connectivity index (χ4n) is 14.2. The Morgan fingerprint density at radius 1 is 0.500 bits per heavy atom. The first kappa shape index (κ1) is 71.0. The maximum Gasteiger partial charge on any atom is 0.252 e. The summed E-state index contributed by atoms with van der Waals surface area (Å²) in [5, 5.41) is 19.7. The topological polar surface area (TPSA) is 153 Å². The summed E-state index contributed by atoms with van der Waals surface area (Å²) in [6.45, 7) is 5.83. The van der Waals surface area contributed by atoms with E-state index in [1.54, 1.807) is 0 Å². The van der Waals surface area contributed by atoms with E-state index >= 15 is 0 Å². The third-order valence-corrected chi connectivity index (χ3v) is 19.4. The predicted molar refractivity (Wildman–Crippen MR) is 362 cm³/mol. The van der Waals surface area contributed by atoms with Crippen molar-refractivity contribution in [2.24, 2.45) is 11.5 Å². The SMILES string of the molecule is CN(Cc1ccccc1)C1(C#N)CCCC1.CN(Cc1ccccc1)C1(C(N)c2ccccc2)CCCC1.CNC1(C(N)c2ccccc2)CCCC1.CNC1(C(NC(=O)c2c(C)cccc2C)c2ccccc2)CCCC1.Cl.Cl.O=C1CCCC1. The molecule has 7 N–H and O–H groups in total. The zero-order valence-electron chi connectivity index (χ0n) is 52.6. The van der Waals surface area contributed by atoms with Crippen LogP contribution in [-0.4, -0.2) is 71.8 Å². The molecule has 5 fully saturated rings. The van der Waals surface area contributed by atoms with Crippen molar-refractivity contribution in [1.29, 1.82) is 5.26 Å². The van der Waals surface area contributed by atoms with Gasteiger partial charge in [-0.3, -0.25) is 19.4 Å². The summed E-state index contributed by atoms with van der Waals surface area (Å²) < 4.78 is 0. The highest BCUT2D eigenvalue weighted by Gasteiger charge is 2.45. The van der Waals surface area contributed by atoms with Crippen LogP contribution >= 0.6 is 24.8 Å². The third kappa shape index (κ3) is 18.7. The molecule has 86 heavy (non-hydrogen) atoms. The molecule has 12 heteroatoms. The monoisotopic (exact) mass is 1200 g/mol. The predicted octanol–water partition coefficient (Wildman–Crippen LogP) is 15.6. The molecule has 3 atom stereocenters. The summed E-state index contributed by atoms with van der Waals surface area (Å²) in [5.74, 6) is 0.473. The number of amides is 1. The van der Waals surface area contributed by atoms with Gasteiger partial charge in [0.2, 0.25) is 0 Å². The van der Waals surface area contributed by atoms with Crippen LogP contribution in [0, 0.1) is 25.2 Å². The minimum absolute atomic E-state index is 0. The van der Waals surface area contributed by atoms with Gasteiger partial charge in [0.1, 0.15) is 11.3 Å². The van der Waals surface area contributed by atoms with Crippen LogP contribution in [0.5, 0.6) is 0 Å². The van der Waals surface area contributed by atoms with Crippen molar-refractivity contribution in [3.05, 3.63) is 214 Å². The molecule has 464 valence electrons. The van der Waals surface area contributed by atoms with Crippen LogP contribution in [0.15, 0.2) is 170 Å². The second-order valence-electron chi connectivity index (χ2n) is 24.7. The summed E-state index contributed by atoms with van der Waals surface area (Å²) >= 11 is 0. The largest absolute Gasteiger partial charge is 0.343 e. The van der Waals surface area contributed by atoms with E-state index in [-0.39, 0.29) is 71.0 Å². The number of nitrogens with two attached hydrogens (primary N) is 2. The number of nitrogens with one attached hydrogen (secondary N) is 3. The van der Waals surface area contributed by atoms with Gasteiger partial charge in [0.05, 0.1) is 12.1 Å². The van der Waals surface area contributed by atoms with E-state index in [1.807, 2.05) is 76.5 Å². The van der Waals surface area contributed by atoms with Crippen LogP contribution in [0.4, 0.5) is 0 Å². The molecular weight excluding hydrogens is 1100 g/mol. The number of hydrogen-bond donors (Lipinski definition) is 5. The maximum atomic E-state index is 13.1. The maximum absolute atomic E-state index is 13.1. The number of rotatable bonds is 16. The number of benzene rings is 6. The highest BCUT2D eigenvalue weighted by molar-refractivity contribution is 5.97. The first-order valence-electron chi connectivity index (χ1n) is 31.6. The van der Waals surface area contributed by atoms with Crippen LogP contribution in [0.25, 0.3) is 0 Å². The van der Waals surface area contributed by atoms with Crippen molar-refractivity contribution in [3.8, 4) is 6.07 Å². The highest BCUT2D eigenvalue weighted by Crippen LogP contribution is 2.44. The molecule has 0 bridgehead atoms. The Balaban J connectivity index is 0.000000204. The van der Waals surface area contributed by atoms with E-state index in [0.717, 1.165) is 81.1 Å². The number of nitrogens with zero attached hydrogens (tertiary/aromatic N) is 3. The normalized spacial score (nSPS) is 18.5. The fraction of sp³-hybridized carbons (Fsp3) is 0.473. The molecule has 3 unspecified atom stereocenters. The molecule has 10 nitrogen and oxygen atoms in total. The first-order chi connectivity index (χ1) is 40.7. The van der Waals surface area contributed by atoms with Gasteiger partial charge < -0.3 is 27.4 Å². The third-order valence-electron chi connectivity index (χ3n) is 19.4. The lowest BCUT2D eigenvalue weighted by Crippen LogP contribution is -2.52. The van der Waals surface area contributed by atoms with Gasteiger partial charge in [0, 0.05) is 60.2 Å². The van der Waals surface area contributed by atoms with E-state index in [2.05, 4.69) is 167 Å². The van der Waals surface area contributed by atoms with Crippen molar-refractivity contribution < 1.29 is 9.59 Å². The Kier molecular flexibility index (Phi) is 29.2. The van der Waals surface area contributed by atoms with Crippen LogP contribution in [0.2, 0.25) is 0 Å². The van der Waals surface area contributed by atoms with E-state index in [4.69, 9.17) is 11.5 Å². The van der Waals surface area contributed by atoms with Crippen LogP contribution in [0.1, 0.15) is 196 Å². The van der Waals surface area contributed by atoms with Gasteiger partial charge in [-0.25, -0.2) is 0 Å². The standard InChI is InChI=1S/C22H28N2O.C20H26N2.C14H18N2.C13H20N2.C5H8O.2ClH/c1-16-10-9-11-17(2)19(16)21(25)24-20(18-12-5-4-6-13-18)22(23-3)14-7-8-15-22;1-22(16-17-10-4-2-5-11-17)20(14-8-9-15-20)19(21)18-12-6-3-7-13-18;1-16(11-13-7-3-2-4-8-13)14(12-15)9-5-6-10-14;1-15-13(9-5-6-10-13)12(14)11-7-3-2-4-8-11;6-5-3-1-2-4-5;;/h4-6,9-13,20,23H,7-8,14-15H2,1-3H3,(H,24,25);2-7,10-13,19H,8-9,14-16,21H2,1H3;2-4,7-8H,5-6,9-11H2,1H3;2-4,7-8,12,15H,5-6,9-10,14H2,1H3;1-4H2;2*1H. The van der Waals surface area contributed by atoms with E-state index in [9.17, 15) is 14.9 Å². The molecule has 5 saturated carbocycles. The summed E-state index contributed by atoms with van der Waals surface area (Å²) in [7, 11) is 8.36. The molecule has 6 aromatic carbocycles. The lowest BCUT2D eigenvalue weighted by atomic mass is 9.82. The summed E-state index contributed by atoms with van der Waals surface area (Å²) in [6, 6.07) is 61.1. The van der Waals surface area contributed by atoms with Crippen LogP contribution in [-0.2, 0) is 17.9 Å². The zero-order chi connectivity index (χ0) is 59.8. The zero-order valence-corrected chi connectivity index (χ0v) is 54.2. The van der Waals surface area contributed by atoms with Crippen molar-refractivity contribution >= 4 is 36.5 Å². The number of nitriles is 1. The minimum Gasteiger partial charge on any atom is -0.343 e. The molecule has 11 rings (SSSR count). The number of Topliss-reactive ketones (excluding diaryl/α,β-unsaturated/α-hetero) is 1. The number of ketones is 1. The van der Waals surface area contributed by atoms with Crippen molar-refractivity contribution in [3.63, 3.8) is 0 Å². The second kappa shape index (κ2) is 35.3. The van der Waals surface area contributed by atoms with Gasteiger partial charge in [-0.05, 0) is 145 Å². The van der Waals surface area contributed by atoms with Gasteiger partial charge in [-0.1, -0.05) is 221 Å². The Hall–Kier alpha value is -5.71. The molecule has 0 saturated heterocycles. The van der Waals surface area contributed by atoms with Gasteiger partial charge in [0.15, 0.2) is 0 Å². The van der Waals surface area contributed by atoms with Gasteiger partial charge in [-0.2, -0.15) is 5.26 Å². The Bertz CT molecular complexity index is 2890. The van der Waals surface area contributed by atoms with E-state index in [1.165, 1.54) is 105 Å². The molecule has 5 aliphatic carbocycles. The second-order valence-corrected chi connectivity index (χ2v) is 24.7. The van der Waals surface area contributed by atoms with E-state index in [0.29, 0.717) is 5.78 Å². The van der Waals surface area contributed by atoms with Crippen LogP contribution in [0.3, 0.4) is 0 Å². The molecule has 0 aliphatic heterocycles. The van der Waals surface area contributed by atoms with E-state index < -0.39 is 0 Å². The van der Waals surface area contributed by atoms with Gasteiger partial charge in [0.25, 0.3) is 5.91 Å². The summed E-state index contributed by atoms with van der Waals surface area (Å²) in [5.41, 5.74) is 22.2. The molecule has 1 amide bonds. The first-order valence-corrected chi connectivity index (χ1v) is 31.6. The summed E-state index contributed by atoms with van der Waals surface area (Å²) in [4.78, 5) is 28.1. The fourth-order valence-corrected chi connectivity index (χ4v) is 14.2. The number of carbonyl (C=O) groups is 2. The quantitative estimate of drug-likeness (QED) is 0.0638. The number of aryl methyl sites for hydroxylation is 2. The van der Waals surface area contributed by atoms with Crippen molar-refractivity contribution in [2.75, 3.05) is 28.2 Å². The van der Waals surface area contributed by atoms with Gasteiger partial charge in [-0.15, -0.1) is 24.8 Å². The lowest BCUT2D eigenvalue weighted by Gasteiger charge is -2.44. The molecule has 6 aromatic rings. The Morgan fingerprint density at radius 2 is 0.872 bits per heavy atom. The van der Waals surface area contributed by atoms with Crippen molar-refractivity contribution in [2.45, 2.75) is 196 Å². The van der Waals surface area contributed by atoms with Gasteiger partial charge >= 0.3 is 0 Å². The highest BCUT2D eigenvalue weighted by atomic mass is 35.5. The molecule has 0 aromatic heterocycles. The Labute approximate surface area is 529 Å². The Morgan fingerprint density at radius 3 is 1.28 bits per heavy atom. The molecule has 0 heterocycles. The average Bonchev–Trinajstić information content (AvgIpc) is 1.94. The van der Waals surface area contributed by atoms with Crippen LogP contribution < -0.4 is 27.4 Å². The number of carbonyl (C=O) groups excluding carboxylic acids is 2. The average molecular weight is 1210 g/mol. The number of likely N-dealkylation sites (N-methyl/N-ethyl adjacent to an activating group) is 3. The number of hydrogen-bond acceptors (Lipinski definition) is 9. The minimum atomic E-state index is -0.212. The molecule has 0 radical (unpaired) electrons. The molecular formula is C74H102Cl2N8O2. The van der Waals surface area contributed by atoms with Crippen molar-refractivity contribution in [1.82, 2.24) is 25.8 Å². The summed E-state index contributed by atoms with van der Waals surface area (Å²) in [6.07, 6.45) is 22.8. The lowest BCUT2D eigenvalue weighted by molar-refractivity contribution is -0.117.